The summed E-state index contributed by atoms with van der Waals surface area (Å²) in [5, 5.41) is -0.758. The number of rotatable bonds is 1. The van der Waals surface area contributed by atoms with Crippen molar-refractivity contribution in [3.05, 3.63) is 5.53 Å². The third-order valence-electron chi connectivity index (χ3n) is 1.17. The van der Waals surface area contributed by atoms with Gasteiger partial charge in [0.1, 0.15) is 0 Å². The smallest absolute Gasteiger partial charge is 0.360 e. The molecule has 0 saturated carbocycles. The summed E-state index contributed by atoms with van der Waals surface area (Å²) in [5.74, 6) is 0. The Kier molecular flexibility index (Phi) is 2.75. The number of hydrogen-bond acceptors (Lipinski definition) is 2. The Labute approximate surface area is 60.4 Å². The molecular weight excluding hydrogens is 152 g/mol. The fraction of sp³-hybridized carbons (Fsp3) is 0.800. The second kappa shape index (κ2) is 2.94. The molecule has 0 amide bonds. The van der Waals surface area contributed by atoms with E-state index < -0.39 is 15.1 Å². The summed E-state index contributed by atoms with van der Waals surface area (Å²) in [6, 6.07) is 0. The number of hydrogen-bond donors (Lipinski definition) is 0. The van der Waals surface area contributed by atoms with Gasteiger partial charge in [-0.25, -0.2) is 8.42 Å². The van der Waals surface area contributed by atoms with Crippen molar-refractivity contribution in [2.24, 2.45) is 0 Å². The van der Waals surface area contributed by atoms with Crippen molar-refractivity contribution in [1.82, 2.24) is 0 Å². The molecule has 5 heteroatoms. The quantitative estimate of drug-likeness (QED) is 0.243. The first-order valence-corrected chi connectivity index (χ1v) is 4.40. The highest BCUT2D eigenvalue weighted by Crippen LogP contribution is 2.00. The zero-order valence-corrected chi connectivity index (χ0v) is 7.01. The topological polar surface area (TPSA) is 70.5 Å². The minimum Gasteiger partial charge on any atom is -0.360 e. The van der Waals surface area contributed by atoms with Gasteiger partial charge in [-0.2, -0.15) is 4.79 Å². The monoisotopic (exact) mass is 162 g/mol. The lowest BCUT2D eigenvalue weighted by Crippen LogP contribution is -2.21. The molecule has 0 bridgehead atoms. The van der Waals surface area contributed by atoms with Crippen LogP contribution in [-0.4, -0.2) is 23.5 Å². The van der Waals surface area contributed by atoms with Gasteiger partial charge in [-0.05, 0) is 13.8 Å². The lowest BCUT2D eigenvalue weighted by atomic mass is 10.6. The van der Waals surface area contributed by atoms with E-state index in [0.717, 1.165) is 0 Å². The Balaban J connectivity index is 4.97. The molecule has 0 spiro atoms. The van der Waals surface area contributed by atoms with Crippen LogP contribution in [0.15, 0.2) is 0 Å². The Bertz CT molecular complexity index is 259. The average molecular weight is 162 g/mol. The molecule has 10 heavy (non-hydrogen) atoms. The third kappa shape index (κ3) is 1.65. The van der Waals surface area contributed by atoms with Crippen LogP contribution in [0, 0.1) is 0 Å². The highest BCUT2D eigenvalue weighted by Gasteiger charge is 2.26. The van der Waals surface area contributed by atoms with E-state index in [9.17, 15) is 8.42 Å². The molecule has 0 aliphatic heterocycles. The molecular formula is C5H10N2O2S. The van der Waals surface area contributed by atoms with Crippen molar-refractivity contribution in [2.45, 2.75) is 26.0 Å². The Morgan fingerprint density at radius 3 is 2.00 bits per heavy atom. The maximum absolute atomic E-state index is 11.0. The molecule has 0 radical (unpaired) electrons. The van der Waals surface area contributed by atoms with E-state index in [1.54, 1.807) is 0 Å². The van der Waals surface area contributed by atoms with E-state index in [-0.39, 0.29) is 5.04 Å². The minimum absolute atomic E-state index is 0.234. The zero-order chi connectivity index (χ0) is 8.36. The second-order valence-electron chi connectivity index (χ2n) is 2.21. The van der Waals surface area contributed by atoms with Crippen molar-refractivity contribution >= 4 is 14.9 Å². The average Bonchev–Trinajstić information content (AvgIpc) is 1.86. The van der Waals surface area contributed by atoms with E-state index in [4.69, 9.17) is 5.53 Å². The van der Waals surface area contributed by atoms with Gasteiger partial charge in [-0.1, -0.05) is 0 Å². The summed E-state index contributed by atoms with van der Waals surface area (Å²) < 4.78 is 21.9. The first kappa shape index (κ1) is 9.33. The zero-order valence-electron chi connectivity index (χ0n) is 6.20. The number of sulfone groups is 1. The molecule has 4 nitrogen and oxygen atoms in total. The molecule has 0 fully saturated rings. The van der Waals surface area contributed by atoms with Crippen LogP contribution >= 0.6 is 0 Å². The molecule has 0 heterocycles. The molecule has 0 saturated heterocycles. The summed E-state index contributed by atoms with van der Waals surface area (Å²) in [4.78, 5) is 2.61. The van der Waals surface area contributed by atoms with Crippen LogP contribution in [0.1, 0.15) is 20.8 Å². The van der Waals surface area contributed by atoms with Crippen LogP contribution in [0.2, 0.25) is 0 Å². The second-order valence-corrected chi connectivity index (χ2v) is 4.84. The standard InChI is InChI=1S/C5H10N2O2S/c1-4(2)10(8,9)5(3)7-6/h4H,1-3H3. The molecule has 0 aromatic carbocycles. The largest absolute Gasteiger partial charge is 0.378 e. The Morgan fingerprint density at radius 2 is 1.90 bits per heavy atom. The minimum atomic E-state index is -3.33. The van der Waals surface area contributed by atoms with Gasteiger partial charge in [-0.3, -0.25) is 0 Å². The SMILES string of the molecule is CC(=[N+]=[N-])S(=O)(=O)C(C)C. The van der Waals surface area contributed by atoms with E-state index in [1.165, 1.54) is 20.8 Å². The molecule has 0 unspecified atom stereocenters. The van der Waals surface area contributed by atoms with E-state index in [0.29, 0.717) is 0 Å². The predicted molar refractivity (Wildman–Crippen MR) is 38.4 cm³/mol. The van der Waals surface area contributed by atoms with Crippen LogP contribution in [0.5, 0.6) is 0 Å². The normalized spacial score (nSPS) is 11.2. The summed E-state index contributed by atoms with van der Waals surface area (Å²) in [6.45, 7) is 4.32. The van der Waals surface area contributed by atoms with Crippen LogP contribution < -0.4 is 0 Å². The summed E-state index contributed by atoms with van der Waals surface area (Å²) >= 11 is 0. The summed E-state index contributed by atoms with van der Waals surface area (Å²) in [5.41, 5.74) is 8.13. The first-order chi connectivity index (χ1) is 4.42. The van der Waals surface area contributed by atoms with Crippen molar-refractivity contribution in [2.75, 3.05) is 0 Å². The van der Waals surface area contributed by atoms with Crippen LogP contribution in [0.25, 0.3) is 5.53 Å². The van der Waals surface area contributed by atoms with Crippen molar-refractivity contribution in [1.29, 1.82) is 0 Å². The molecule has 0 aliphatic carbocycles. The van der Waals surface area contributed by atoms with Gasteiger partial charge < -0.3 is 5.53 Å². The fourth-order valence-corrected chi connectivity index (χ4v) is 1.19. The van der Waals surface area contributed by atoms with E-state index in [1.807, 2.05) is 0 Å². The molecule has 58 valence electrons. The first-order valence-electron chi connectivity index (χ1n) is 2.85. The molecule has 0 N–H and O–H groups in total. The van der Waals surface area contributed by atoms with Gasteiger partial charge in [0.25, 0.3) is 9.84 Å². The van der Waals surface area contributed by atoms with Gasteiger partial charge >= 0.3 is 5.04 Å². The lowest BCUT2D eigenvalue weighted by molar-refractivity contribution is -0.00115. The third-order valence-corrected chi connectivity index (χ3v) is 3.32. The maximum atomic E-state index is 11.0. The summed E-state index contributed by atoms with van der Waals surface area (Å²) in [6.07, 6.45) is 0. The number of nitrogens with zero attached hydrogens (tertiary/aromatic N) is 2. The molecule has 0 atom stereocenters. The van der Waals surface area contributed by atoms with Gasteiger partial charge in [0.2, 0.25) is 0 Å². The van der Waals surface area contributed by atoms with Gasteiger partial charge in [0.15, 0.2) is 0 Å². The lowest BCUT2D eigenvalue weighted by Gasteiger charge is -1.97. The van der Waals surface area contributed by atoms with Crippen molar-refractivity contribution in [3.63, 3.8) is 0 Å². The Hall–Kier alpha value is -0.670. The molecule has 0 aromatic rings. The molecule has 0 aliphatic rings. The predicted octanol–water partition coefficient (Wildman–Crippen LogP) is 0.458. The van der Waals surface area contributed by atoms with Crippen molar-refractivity contribution < 1.29 is 13.2 Å². The summed E-state index contributed by atoms with van der Waals surface area (Å²) in [7, 11) is -3.33. The van der Waals surface area contributed by atoms with Crippen LogP contribution in [-0.2, 0) is 9.84 Å². The van der Waals surface area contributed by atoms with Crippen molar-refractivity contribution in [3.8, 4) is 0 Å². The highest BCUT2D eigenvalue weighted by atomic mass is 32.2. The highest BCUT2D eigenvalue weighted by molar-refractivity contribution is 8.06. The fourth-order valence-electron chi connectivity index (χ4n) is 0.398. The molecule has 0 rings (SSSR count). The maximum Gasteiger partial charge on any atom is 0.378 e. The van der Waals surface area contributed by atoms with Crippen LogP contribution in [0.4, 0.5) is 0 Å². The van der Waals surface area contributed by atoms with Gasteiger partial charge in [0.05, 0.1) is 12.2 Å². The van der Waals surface area contributed by atoms with E-state index >= 15 is 0 Å². The van der Waals surface area contributed by atoms with Gasteiger partial charge in [0, 0.05) is 0 Å². The van der Waals surface area contributed by atoms with E-state index in [2.05, 4.69) is 4.79 Å². The van der Waals surface area contributed by atoms with Gasteiger partial charge in [-0.15, -0.1) is 0 Å². The molecule has 0 aromatic heterocycles. The van der Waals surface area contributed by atoms with Crippen LogP contribution in [0.3, 0.4) is 0 Å². The Morgan fingerprint density at radius 1 is 1.50 bits per heavy atom.